The number of benzene rings is 1. The van der Waals surface area contributed by atoms with Gasteiger partial charge in [-0.15, -0.1) is 12.3 Å². The molecule has 0 aliphatic carbocycles. The first-order valence-corrected chi connectivity index (χ1v) is 4.08. The highest BCUT2D eigenvalue weighted by molar-refractivity contribution is 5.48. The maximum absolute atomic E-state index is 5.12. The third-order valence-electron chi connectivity index (χ3n) is 1.57. The zero-order chi connectivity index (χ0) is 8.65. The van der Waals surface area contributed by atoms with Crippen LogP contribution < -0.4 is 0 Å². The second-order valence-corrected chi connectivity index (χ2v) is 2.56. The third-order valence-corrected chi connectivity index (χ3v) is 1.57. The first kappa shape index (κ1) is 8.62. The second kappa shape index (κ2) is 5.21. The molecule has 0 radical (unpaired) electrons. The van der Waals surface area contributed by atoms with Crippen LogP contribution in [0.5, 0.6) is 0 Å². The fourth-order valence-corrected chi connectivity index (χ4v) is 0.950. The van der Waals surface area contributed by atoms with Crippen LogP contribution in [0.2, 0.25) is 0 Å². The predicted octanol–water partition coefficient (Wildman–Crippen LogP) is 3.11. The van der Waals surface area contributed by atoms with Crippen LogP contribution in [0.25, 0.3) is 6.08 Å². The van der Waals surface area contributed by atoms with Crippen molar-refractivity contribution < 1.29 is 0 Å². The minimum atomic E-state index is 0.823. The summed E-state index contributed by atoms with van der Waals surface area (Å²) in [6.07, 6.45) is 11.1. The van der Waals surface area contributed by atoms with E-state index in [9.17, 15) is 0 Å². The molecular weight excluding hydrogens is 144 g/mol. The summed E-state index contributed by atoms with van der Waals surface area (Å²) in [7, 11) is 0. The van der Waals surface area contributed by atoms with Gasteiger partial charge in [0.25, 0.3) is 0 Å². The third kappa shape index (κ3) is 3.07. The van der Waals surface area contributed by atoms with Crippen molar-refractivity contribution in [1.82, 2.24) is 0 Å². The van der Waals surface area contributed by atoms with Crippen LogP contribution in [0, 0.1) is 12.3 Å². The van der Waals surface area contributed by atoms with Crippen molar-refractivity contribution in [2.45, 2.75) is 12.8 Å². The average molecular weight is 156 g/mol. The monoisotopic (exact) mass is 156 g/mol. The minimum Gasteiger partial charge on any atom is -0.120 e. The Bertz CT molecular complexity index is 275. The van der Waals surface area contributed by atoms with E-state index in [2.05, 4.69) is 30.2 Å². The van der Waals surface area contributed by atoms with E-state index < -0.39 is 0 Å². The van der Waals surface area contributed by atoms with E-state index in [0.717, 1.165) is 12.8 Å². The summed E-state index contributed by atoms with van der Waals surface area (Å²) < 4.78 is 0. The Morgan fingerprint density at radius 2 is 2.00 bits per heavy atom. The van der Waals surface area contributed by atoms with Gasteiger partial charge >= 0.3 is 0 Å². The normalized spacial score (nSPS) is 9.92. The zero-order valence-corrected chi connectivity index (χ0v) is 7.03. The van der Waals surface area contributed by atoms with E-state index in [0.29, 0.717) is 0 Å². The SMILES string of the molecule is C#CCCC=Cc1ccccc1. The molecule has 0 bridgehead atoms. The van der Waals surface area contributed by atoms with E-state index in [1.165, 1.54) is 5.56 Å². The zero-order valence-electron chi connectivity index (χ0n) is 7.03. The summed E-state index contributed by atoms with van der Waals surface area (Å²) in [6, 6.07) is 10.2. The van der Waals surface area contributed by atoms with Crippen molar-refractivity contribution in [3.8, 4) is 12.3 Å². The predicted molar refractivity (Wildman–Crippen MR) is 53.5 cm³/mol. The molecule has 60 valence electrons. The lowest BCUT2D eigenvalue weighted by Gasteiger charge is -1.89. The van der Waals surface area contributed by atoms with Crippen LogP contribution in [0.1, 0.15) is 18.4 Å². The molecule has 12 heavy (non-hydrogen) atoms. The lowest BCUT2D eigenvalue weighted by Crippen LogP contribution is -1.68. The van der Waals surface area contributed by atoms with E-state index in [4.69, 9.17) is 6.42 Å². The van der Waals surface area contributed by atoms with Gasteiger partial charge < -0.3 is 0 Å². The highest BCUT2D eigenvalue weighted by Crippen LogP contribution is 2.02. The average Bonchev–Trinajstić information content (AvgIpc) is 2.14. The van der Waals surface area contributed by atoms with Crippen molar-refractivity contribution in [1.29, 1.82) is 0 Å². The Hall–Kier alpha value is -1.48. The highest BCUT2D eigenvalue weighted by atomic mass is 13.9. The largest absolute Gasteiger partial charge is 0.120 e. The quantitative estimate of drug-likeness (QED) is 0.466. The second-order valence-electron chi connectivity index (χ2n) is 2.56. The molecule has 0 N–H and O–H groups in total. The molecule has 0 atom stereocenters. The molecule has 0 nitrogen and oxygen atoms in total. The highest BCUT2D eigenvalue weighted by Gasteiger charge is 1.81. The van der Waals surface area contributed by atoms with Gasteiger partial charge in [-0.1, -0.05) is 42.5 Å². The van der Waals surface area contributed by atoms with Gasteiger partial charge in [-0.3, -0.25) is 0 Å². The van der Waals surface area contributed by atoms with Crippen molar-refractivity contribution in [2.24, 2.45) is 0 Å². The van der Waals surface area contributed by atoms with Crippen molar-refractivity contribution in [3.63, 3.8) is 0 Å². The molecule has 0 aliphatic rings. The molecule has 0 heteroatoms. The molecule has 0 unspecified atom stereocenters. The maximum Gasteiger partial charge on any atom is 0.0121 e. The first-order chi connectivity index (χ1) is 5.93. The smallest absolute Gasteiger partial charge is 0.0121 e. The Kier molecular flexibility index (Phi) is 3.74. The van der Waals surface area contributed by atoms with Crippen LogP contribution in [0.4, 0.5) is 0 Å². The van der Waals surface area contributed by atoms with Gasteiger partial charge in [0.05, 0.1) is 0 Å². The standard InChI is InChI=1S/C12H12/c1-2-3-4-6-9-12-10-7-5-8-11-12/h1,5-11H,3-4H2. The molecule has 0 saturated carbocycles. The van der Waals surface area contributed by atoms with E-state index >= 15 is 0 Å². The summed E-state index contributed by atoms with van der Waals surface area (Å²) in [6.45, 7) is 0. The molecular formula is C12H12. The first-order valence-electron chi connectivity index (χ1n) is 4.08. The van der Waals surface area contributed by atoms with Crippen LogP contribution in [0.15, 0.2) is 36.4 Å². The fourth-order valence-electron chi connectivity index (χ4n) is 0.950. The topological polar surface area (TPSA) is 0 Å². The summed E-state index contributed by atoms with van der Waals surface area (Å²) in [5, 5.41) is 0. The van der Waals surface area contributed by atoms with E-state index in [1.54, 1.807) is 0 Å². The van der Waals surface area contributed by atoms with Crippen molar-refractivity contribution >= 4 is 6.08 Å². The lowest BCUT2D eigenvalue weighted by molar-refractivity contribution is 1.09. The van der Waals surface area contributed by atoms with Gasteiger partial charge in [-0.05, 0) is 12.0 Å². The van der Waals surface area contributed by atoms with Gasteiger partial charge in [-0.2, -0.15) is 0 Å². The molecule has 0 amide bonds. The van der Waals surface area contributed by atoms with E-state index in [-0.39, 0.29) is 0 Å². The maximum atomic E-state index is 5.12. The number of allylic oxidation sites excluding steroid dienone is 1. The number of unbranched alkanes of at least 4 members (excludes halogenated alkanes) is 1. The lowest BCUT2D eigenvalue weighted by atomic mass is 10.2. The van der Waals surface area contributed by atoms with Gasteiger partial charge in [0, 0.05) is 6.42 Å². The number of hydrogen-bond donors (Lipinski definition) is 0. The fraction of sp³-hybridized carbons (Fsp3) is 0.167. The molecule has 1 rings (SSSR count). The van der Waals surface area contributed by atoms with Crippen LogP contribution in [0.3, 0.4) is 0 Å². The summed E-state index contributed by atoms with van der Waals surface area (Å²) in [5.74, 6) is 2.60. The van der Waals surface area contributed by atoms with Gasteiger partial charge in [0.1, 0.15) is 0 Å². The van der Waals surface area contributed by atoms with Crippen molar-refractivity contribution in [2.75, 3.05) is 0 Å². The minimum absolute atomic E-state index is 0.823. The Labute approximate surface area is 73.9 Å². The number of hydrogen-bond acceptors (Lipinski definition) is 0. The molecule has 0 fully saturated rings. The summed E-state index contributed by atoms with van der Waals surface area (Å²) in [5.41, 5.74) is 1.23. The molecule has 0 spiro atoms. The summed E-state index contributed by atoms with van der Waals surface area (Å²) in [4.78, 5) is 0. The van der Waals surface area contributed by atoms with Crippen LogP contribution in [-0.2, 0) is 0 Å². The molecule has 1 aromatic rings. The van der Waals surface area contributed by atoms with Crippen LogP contribution in [-0.4, -0.2) is 0 Å². The van der Waals surface area contributed by atoms with Gasteiger partial charge in [-0.25, -0.2) is 0 Å². The number of rotatable bonds is 3. The summed E-state index contributed by atoms with van der Waals surface area (Å²) >= 11 is 0. The molecule has 1 aromatic carbocycles. The molecule has 0 aromatic heterocycles. The molecule has 0 saturated heterocycles. The Morgan fingerprint density at radius 1 is 1.25 bits per heavy atom. The number of terminal acetylenes is 1. The van der Waals surface area contributed by atoms with Crippen molar-refractivity contribution in [3.05, 3.63) is 42.0 Å². The van der Waals surface area contributed by atoms with Gasteiger partial charge in [0.2, 0.25) is 0 Å². The van der Waals surface area contributed by atoms with Gasteiger partial charge in [0.15, 0.2) is 0 Å². The Balaban J connectivity index is 2.43. The Morgan fingerprint density at radius 3 is 2.67 bits per heavy atom. The van der Waals surface area contributed by atoms with E-state index in [1.807, 2.05) is 18.2 Å². The van der Waals surface area contributed by atoms with Crippen LogP contribution >= 0.6 is 0 Å². The molecule has 0 heterocycles. The molecule has 0 aliphatic heterocycles.